The molecule has 0 unspecified atom stereocenters. The second-order valence-electron chi connectivity index (χ2n) is 2.66. The van der Waals surface area contributed by atoms with Gasteiger partial charge in [0, 0.05) is 0 Å². The molecule has 0 aromatic rings. The van der Waals surface area contributed by atoms with Crippen LogP contribution in [0.2, 0.25) is 0 Å². The first kappa shape index (κ1) is 9.94. The number of nitrogens with one attached hydrogen (secondary N) is 1. The van der Waals surface area contributed by atoms with Gasteiger partial charge in [-0.15, -0.1) is 0 Å². The van der Waals surface area contributed by atoms with Gasteiger partial charge in [-0.2, -0.15) is 0 Å². The lowest BCUT2D eigenvalue weighted by molar-refractivity contribution is -0.167. The van der Waals surface area contributed by atoms with Crippen LogP contribution in [0.3, 0.4) is 0 Å². The van der Waals surface area contributed by atoms with E-state index in [4.69, 9.17) is 10.6 Å². The predicted octanol–water partition coefficient (Wildman–Crippen LogP) is -1.77. The van der Waals surface area contributed by atoms with Crippen LogP contribution in [0.25, 0.3) is 0 Å². The highest BCUT2D eigenvalue weighted by Crippen LogP contribution is 2.03. The smallest absolute Gasteiger partial charge is 0.265 e. The molecule has 0 radical (unpaired) electrons. The summed E-state index contributed by atoms with van der Waals surface area (Å²) in [6.07, 6.45) is 0.844. The Balaban J connectivity index is 2.20. The van der Waals surface area contributed by atoms with Crippen molar-refractivity contribution in [3.05, 3.63) is 0 Å². The number of amides is 2. The van der Waals surface area contributed by atoms with E-state index in [-0.39, 0.29) is 24.9 Å². The molecule has 1 saturated heterocycles. The molecular formula is C7H13N3O3. The van der Waals surface area contributed by atoms with Gasteiger partial charge in [0.1, 0.15) is 0 Å². The minimum Gasteiger partial charge on any atom is -0.346 e. The lowest BCUT2D eigenvalue weighted by Crippen LogP contribution is -2.40. The van der Waals surface area contributed by atoms with Crippen LogP contribution in [-0.2, 0) is 14.4 Å². The average molecular weight is 187 g/mol. The molecule has 0 aliphatic carbocycles. The van der Waals surface area contributed by atoms with Crippen LogP contribution in [0.15, 0.2) is 0 Å². The number of hydrogen-bond acceptors (Lipinski definition) is 4. The fraction of sp³-hybridized carbons (Fsp3) is 0.714. The van der Waals surface area contributed by atoms with Gasteiger partial charge in [0.05, 0.1) is 26.2 Å². The van der Waals surface area contributed by atoms with Crippen LogP contribution >= 0.6 is 0 Å². The largest absolute Gasteiger partial charge is 0.346 e. The van der Waals surface area contributed by atoms with E-state index in [1.807, 2.05) is 0 Å². The number of nitrogens with two attached hydrogens (primary N) is 1. The van der Waals surface area contributed by atoms with Gasteiger partial charge >= 0.3 is 0 Å². The van der Waals surface area contributed by atoms with Crippen molar-refractivity contribution in [2.75, 3.05) is 26.2 Å². The maximum Gasteiger partial charge on any atom is 0.265 e. The molecule has 6 nitrogen and oxygen atoms in total. The quantitative estimate of drug-likeness (QED) is 0.547. The number of nitrogens with zero attached hydrogens (tertiary/aromatic N) is 1. The Morgan fingerprint density at radius 3 is 2.85 bits per heavy atom. The van der Waals surface area contributed by atoms with Crippen LogP contribution < -0.4 is 11.1 Å². The minimum atomic E-state index is -0.340. The molecule has 0 aromatic heterocycles. The van der Waals surface area contributed by atoms with Gasteiger partial charge in [-0.05, 0) is 6.42 Å². The molecule has 0 spiro atoms. The van der Waals surface area contributed by atoms with E-state index in [2.05, 4.69) is 5.32 Å². The normalized spacial score (nSPS) is 15.9. The zero-order valence-electron chi connectivity index (χ0n) is 7.28. The van der Waals surface area contributed by atoms with Gasteiger partial charge in [-0.3, -0.25) is 14.4 Å². The van der Waals surface area contributed by atoms with E-state index in [1.54, 1.807) is 0 Å². The summed E-state index contributed by atoms with van der Waals surface area (Å²) in [5.41, 5.74) is 5.04. The molecule has 0 saturated carbocycles. The van der Waals surface area contributed by atoms with Gasteiger partial charge in [0.15, 0.2) is 0 Å². The van der Waals surface area contributed by atoms with Gasteiger partial charge in [-0.1, -0.05) is 0 Å². The maximum absolute atomic E-state index is 11.2. The Labute approximate surface area is 76.0 Å². The number of carbonyl (C=O) groups is 2. The molecule has 0 aromatic carbocycles. The Morgan fingerprint density at radius 1 is 1.54 bits per heavy atom. The van der Waals surface area contributed by atoms with Gasteiger partial charge in [-0.25, -0.2) is 5.06 Å². The molecule has 74 valence electrons. The number of rotatable bonds is 3. The maximum atomic E-state index is 11.2. The summed E-state index contributed by atoms with van der Waals surface area (Å²) in [6.45, 7) is 1.01. The van der Waals surface area contributed by atoms with Crippen molar-refractivity contribution in [2.45, 2.75) is 6.42 Å². The average Bonchev–Trinajstić information content (AvgIpc) is 2.66. The monoisotopic (exact) mass is 187 g/mol. The topological polar surface area (TPSA) is 84.7 Å². The molecule has 1 aliphatic heterocycles. The molecule has 0 atom stereocenters. The van der Waals surface area contributed by atoms with Crippen LogP contribution in [0, 0.1) is 0 Å². The van der Waals surface area contributed by atoms with Crippen LogP contribution in [-0.4, -0.2) is 43.1 Å². The third-order valence-corrected chi connectivity index (χ3v) is 1.65. The third kappa shape index (κ3) is 3.00. The molecule has 6 heteroatoms. The van der Waals surface area contributed by atoms with E-state index in [1.165, 1.54) is 5.06 Å². The summed E-state index contributed by atoms with van der Waals surface area (Å²) in [6, 6.07) is 0. The Bertz CT molecular complexity index is 201. The molecule has 1 heterocycles. The molecule has 1 rings (SSSR count). The number of hydrogen-bond donors (Lipinski definition) is 2. The highest BCUT2D eigenvalue weighted by Gasteiger charge is 2.18. The summed E-state index contributed by atoms with van der Waals surface area (Å²) in [5, 5.41) is 3.63. The predicted molar refractivity (Wildman–Crippen MR) is 44.3 cm³/mol. The third-order valence-electron chi connectivity index (χ3n) is 1.65. The first-order valence-electron chi connectivity index (χ1n) is 4.14. The van der Waals surface area contributed by atoms with Gasteiger partial charge in [0.2, 0.25) is 5.91 Å². The summed E-state index contributed by atoms with van der Waals surface area (Å²) < 4.78 is 0. The molecule has 2 amide bonds. The SMILES string of the molecule is NCC(=O)NCC(=O)N1CCCO1. The summed E-state index contributed by atoms with van der Waals surface area (Å²) in [7, 11) is 0. The lowest BCUT2D eigenvalue weighted by atomic mass is 10.4. The molecule has 13 heavy (non-hydrogen) atoms. The zero-order valence-corrected chi connectivity index (χ0v) is 7.28. The highest BCUT2D eigenvalue weighted by molar-refractivity contribution is 5.85. The lowest BCUT2D eigenvalue weighted by Gasteiger charge is -2.13. The van der Waals surface area contributed by atoms with Gasteiger partial charge < -0.3 is 11.1 Å². The molecular weight excluding hydrogens is 174 g/mol. The first-order valence-corrected chi connectivity index (χ1v) is 4.14. The Kier molecular flexibility index (Phi) is 3.66. The van der Waals surface area contributed by atoms with Crippen molar-refractivity contribution in [3.63, 3.8) is 0 Å². The minimum absolute atomic E-state index is 0.0456. The summed E-state index contributed by atoms with van der Waals surface area (Å²) in [5.74, 6) is -0.577. The summed E-state index contributed by atoms with van der Waals surface area (Å²) >= 11 is 0. The second-order valence-corrected chi connectivity index (χ2v) is 2.66. The molecule has 1 fully saturated rings. The van der Waals surface area contributed by atoms with Crippen molar-refractivity contribution in [3.8, 4) is 0 Å². The van der Waals surface area contributed by atoms with Crippen molar-refractivity contribution in [1.29, 1.82) is 0 Å². The molecule has 3 N–H and O–H groups in total. The standard InChI is InChI=1S/C7H13N3O3/c8-4-6(11)9-5-7(12)10-2-1-3-13-10/h1-5,8H2,(H,9,11). The Morgan fingerprint density at radius 2 is 2.31 bits per heavy atom. The van der Waals surface area contributed by atoms with Crippen LogP contribution in [0.5, 0.6) is 0 Å². The van der Waals surface area contributed by atoms with Crippen LogP contribution in [0.4, 0.5) is 0 Å². The van der Waals surface area contributed by atoms with Crippen LogP contribution in [0.1, 0.15) is 6.42 Å². The van der Waals surface area contributed by atoms with Gasteiger partial charge in [0.25, 0.3) is 5.91 Å². The Hall–Kier alpha value is -1.14. The van der Waals surface area contributed by atoms with E-state index in [0.717, 1.165) is 6.42 Å². The summed E-state index contributed by atoms with van der Waals surface area (Å²) in [4.78, 5) is 26.9. The van der Waals surface area contributed by atoms with Crippen molar-refractivity contribution in [2.24, 2.45) is 5.73 Å². The van der Waals surface area contributed by atoms with Crippen molar-refractivity contribution in [1.82, 2.24) is 10.4 Å². The first-order chi connectivity index (χ1) is 6.24. The number of carbonyl (C=O) groups excluding carboxylic acids is 2. The van der Waals surface area contributed by atoms with E-state index in [0.29, 0.717) is 13.2 Å². The fourth-order valence-corrected chi connectivity index (χ4v) is 0.979. The molecule has 1 aliphatic rings. The zero-order chi connectivity index (χ0) is 9.68. The highest BCUT2D eigenvalue weighted by atomic mass is 16.7. The second kappa shape index (κ2) is 4.78. The van der Waals surface area contributed by atoms with E-state index >= 15 is 0 Å². The fourth-order valence-electron chi connectivity index (χ4n) is 0.979. The van der Waals surface area contributed by atoms with Crippen molar-refractivity contribution >= 4 is 11.8 Å². The molecule has 0 bridgehead atoms. The van der Waals surface area contributed by atoms with E-state index in [9.17, 15) is 9.59 Å². The van der Waals surface area contributed by atoms with E-state index < -0.39 is 0 Å². The number of hydroxylamine groups is 2. The van der Waals surface area contributed by atoms with Crippen molar-refractivity contribution < 1.29 is 14.4 Å².